The van der Waals surface area contributed by atoms with Crippen molar-refractivity contribution < 1.29 is 18.8 Å². The van der Waals surface area contributed by atoms with Crippen LogP contribution in [0, 0.1) is 0 Å². The highest BCUT2D eigenvalue weighted by atomic mass is 28.4. The lowest BCUT2D eigenvalue weighted by Gasteiger charge is -2.36. The number of hydrogen-bond donors (Lipinski definition) is 1. The van der Waals surface area contributed by atoms with Gasteiger partial charge in [-0.15, -0.1) is 0 Å². The van der Waals surface area contributed by atoms with Crippen molar-refractivity contribution >= 4 is 33.4 Å². The average Bonchev–Trinajstić information content (AvgIpc) is 3.16. The third-order valence-electron chi connectivity index (χ3n) is 11.7. The Morgan fingerprint density at radius 2 is 0.792 bits per heavy atom. The van der Waals surface area contributed by atoms with Crippen LogP contribution < -0.4 is 8.85 Å². The fraction of sp³-hybridized carbons (Fsp3) is 0.766. The van der Waals surface area contributed by atoms with Crippen molar-refractivity contribution in [3.8, 4) is 11.5 Å². The molecule has 2 aromatic carbocycles. The Kier molecular flexibility index (Phi) is 25.5. The maximum atomic E-state index is 13.4. The molecule has 6 heteroatoms. The van der Waals surface area contributed by atoms with E-state index in [0.717, 1.165) is 34.7 Å². The molecule has 0 spiro atoms. The van der Waals surface area contributed by atoms with E-state index in [1.165, 1.54) is 172 Å². The van der Waals surface area contributed by atoms with Crippen molar-refractivity contribution in [2.45, 2.75) is 232 Å². The van der Waals surface area contributed by atoms with Crippen molar-refractivity contribution in [1.82, 2.24) is 0 Å². The maximum absolute atomic E-state index is 13.4. The third-order valence-corrected chi connectivity index (χ3v) is 20.6. The Morgan fingerprint density at radius 1 is 0.472 bits per heavy atom. The highest BCUT2D eigenvalue weighted by Crippen LogP contribution is 2.43. The lowest BCUT2D eigenvalue weighted by atomic mass is 10.0. The van der Waals surface area contributed by atoms with Crippen LogP contribution in [0.5, 0.6) is 11.5 Å². The molecule has 0 saturated heterocycles. The summed E-state index contributed by atoms with van der Waals surface area (Å²) in [6.45, 7) is 13.7. The van der Waals surface area contributed by atoms with E-state index in [1.54, 1.807) is 0 Å². The Morgan fingerprint density at radius 3 is 1.11 bits per heavy atom. The predicted molar refractivity (Wildman–Crippen MR) is 237 cm³/mol. The molecule has 2 rings (SSSR count). The molecule has 1 N–H and O–H groups in total. The van der Waals surface area contributed by atoms with Gasteiger partial charge in [0.2, 0.25) is 0 Å². The van der Waals surface area contributed by atoms with Gasteiger partial charge in [0.15, 0.2) is 0 Å². The number of hydrogen-bond acceptors (Lipinski definition) is 3. The van der Waals surface area contributed by atoms with E-state index in [2.05, 4.69) is 65.8 Å². The summed E-state index contributed by atoms with van der Waals surface area (Å²) in [5, 5.41) is 13.0. The molecule has 4 nitrogen and oxygen atoms in total. The van der Waals surface area contributed by atoms with E-state index in [9.17, 15) is 9.90 Å². The molecule has 0 radical (unpaired) electrons. The summed E-state index contributed by atoms with van der Waals surface area (Å²) in [4.78, 5) is 13.4. The number of carboxylic acids is 1. The highest BCUT2D eigenvalue weighted by Gasteiger charge is 2.39. The average molecular weight is 769 g/mol. The SMILES string of the molecule is CCCCCC[Si](CCCCCC)(CCCCCC)Oc1cc(C(=O)O)c(O[Si](CCCCCC)(CCCCCC)CCCCCC)c2ccccc12. The van der Waals surface area contributed by atoms with Gasteiger partial charge in [0, 0.05) is 10.8 Å². The van der Waals surface area contributed by atoms with Gasteiger partial charge in [0.05, 0.1) is 0 Å². The van der Waals surface area contributed by atoms with Crippen LogP contribution >= 0.6 is 0 Å². The van der Waals surface area contributed by atoms with Crippen LogP contribution in [-0.4, -0.2) is 27.7 Å². The molecule has 0 atom stereocenters. The van der Waals surface area contributed by atoms with Gasteiger partial charge in [-0.1, -0.05) is 220 Å². The molecular weight excluding hydrogens is 685 g/mol. The second-order valence-electron chi connectivity index (χ2n) is 16.5. The molecule has 0 fully saturated rings. The Hall–Kier alpha value is -1.80. The molecule has 0 saturated carbocycles. The monoisotopic (exact) mass is 769 g/mol. The number of aromatic carboxylic acids is 1. The number of benzene rings is 2. The second kappa shape index (κ2) is 28.6. The summed E-state index contributed by atoms with van der Waals surface area (Å²) in [7, 11) is -4.54. The molecule has 0 aliphatic carbocycles. The molecule has 0 unspecified atom stereocenters. The quantitative estimate of drug-likeness (QED) is 0.0560. The number of carboxylic acid groups (broad SMARTS) is 1. The summed E-state index contributed by atoms with van der Waals surface area (Å²) in [6.07, 6.45) is 29.6. The van der Waals surface area contributed by atoms with Crippen LogP contribution in [0.25, 0.3) is 10.8 Å². The minimum Gasteiger partial charge on any atom is -0.543 e. The molecule has 53 heavy (non-hydrogen) atoms. The summed E-state index contributed by atoms with van der Waals surface area (Å²) in [5.74, 6) is 0.553. The first-order chi connectivity index (χ1) is 25.8. The normalized spacial score (nSPS) is 12.1. The molecule has 0 bridgehead atoms. The maximum Gasteiger partial charge on any atom is 0.339 e. The molecular formula is C47H84O4Si2. The first kappa shape index (κ1) is 47.4. The second-order valence-corrected chi connectivity index (χ2v) is 24.7. The predicted octanol–water partition coefficient (Wildman–Crippen LogP) is 16.7. The number of carbonyl (C=O) groups is 1. The van der Waals surface area contributed by atoms with Crippen LogP contribution in [0.2, 0.25) is 36.3 Å². The van der Waals surface area contributed by atoms with Crippen LogP contribution in [0.4, 0.5) is 0 Å². The largest absolute Gasteiger partial charge is 0.543 e. The van der Waals surface area contributed by atoms with Gasteiger partial charge in [-0.25, -0.2) is 4.79 Å². The summed E-state index contributed by atoms with van der Waals surface area (Å²) >= 11 is 0. The van der Waals surface area contributed by atoms with Crippen LogP contribution in [0.15, 0.2) is 30.3 Å². The minimum absolute atomic E-state index is 0.317. The van der Waals surface area contributed by atoms with Crippen LogP contribution in [-0.2, 0) is 0 Å². The van der Waals surface area contributed by atoms with E-state index in [4.69, 9.17) is 8.85 Å². The Labute approximate surface area is 330 Å². The smallest absolute Gasteiger partial charge is 0.339 e. The number of fused-ring (bicyclic) bond motifs is 1. The third kappa shape index (κ3) is 17.7. The van der Waals surface area contributed by atoms with Crippen LogP contribution in [0.3, 0.4) is 0 Å². The lowest BCUT2D eigenvalue weighted by molar-refractivity contribution is 0.0694. The summed E-state index contributed by atoms with van der Waals surface area (Å²) in [5.41, 5.74) is 0.317. The lowest BCUT2D eigenvalue weighted by Crippen LogP contribution is -2.42. The van der Waals surface area contributed by atoms with E-state index in [1.807, 2.05) is 6.07 Å². The number of rotatable bonds is 35. The van der Waals surface area contributed by atoms with Gasteiger partial charge < -0.3 is 14.0 Å². The van der Waals surface area contributed by atoms with Crippen LogP contribution in [0.1, 0.15) is 206 Å². The molecule has 0 heterocycles. The van der Waals surface area contributed by atoms with Gasteiger partial charge >= 0.3 is 5.97 Å². The minimum atomic E-state index is -2.32. The van der Waals surface area contributed by atoms with Gasteiger partial charge in [0.1, 0.15) is 17.1 Å². The van der Waals surface area contributed by atoms with E-state index >= 15 is 0 Å². The zero-order valence-electron chi connectivity index (χ0n) is 35.8. The Bertz CT molecular complexity index is 1170. The fourth-order valence-corrected chi connectivity index (χ4v) is 17.2. The van der Waals surface area contributed by atoms with Crippen molar-refractivity contribution in [3.05, 3.63) is 35.9 Å². The van der Waals surface area contributed by atoms with Crippen molar-refractivity contribution in [2.24, 2.45) is 0 Å². The van der Waals surface area contributed by atoms with Crippen molar-refractivity contribution in [2.75, 3.05) is 0 Å². The summed E-state index contributed by atoms with van der Waals surface area (Å²) < 4.78 is 15.1. The molecule has 0 aliphatic heterocycles. The van der Waals surface area contributed by atoms with Gasteiger partial charge in [-0.2, -0.15) is 0 Å². The highest BCUT2D eigenvalue weighted by molar-refractivity contribution is 6.75. The van der Waals surface area contributed by atoms with E-state index in [0.29, 0.717) is 11.3 Å². The summed E-state index contributed by atoms with van der Waals surface area (Å²) in [6, 6.07) is 17.3. The molecule has 2 aromatic rings. The topological polar surface area (TPSA) is 55.8 Å². The van der Waals surface area contributed by atoms with Gasteiger partial charge in [0.25, 0.3) is 16.6 Å². The fourth-order valence-electron chi connectivity index (χ4n) is 8.42. The molecule has 0 aromatic heterocycles. The van der Waals surface area contributed by atoms with E-state index < -0.39 is 22.6 Å². The first-order valence-corrected chi connectivity index (χ1v) is 28.1. The molecule has 0 amide bonds. The Balaban J connectivity index is 2.71. The molecule has 0 aliphatic rings. The molecule has 304 valence electrons. The first-order valence-electron chi connectivity index (χ1n) is 23.0. The zero-order chi connectivity index (χ0) is 38.6. The van der Waals surface area contributed by atoms with E-state index in [-0.39, 0.29) is 0 Å². The van der Waals surface area contributed by atoms with Gasteiger partial charge in [-0.3, -0.25) is 0 Å². The van der Waals surface area contributed by atoms with Crippen molar-refractivity contribution in [1.29, 1.82) is 0 Å². The van der Waals surface area contributed by atoms with Gasteiger partial charge in [-0.05, 0) is 42.3 Å². The zero-order valence-corrected chi connectivity index (χ0v) is 37.8. The van der Waals surface area contributed by atoms with Crippen molar-refractivity contribution in [3.63, 3.8) is 0 Å². The number of unbranched alkanes of at least 4 members (excludes halogenated alkanes) is 18. The standard InChI is InChI=1S/C47H84O4Si2/c1-7-13-19-27-35-52(36-28-20-14-8-2,37-29-21-15-9-3)50-45-41-44(47(48)49)46(43-34-26-25-33-42(43)45)51-53(38-30-22-16-10-4,39-31-23-17-11-5)40-32-24-18-12-6/h25-26,33-34,41H,7-24,27-32,35-40H2,1-6H3,(H,48,49).